The molecule has 0 aliphatic heterocycles. The van der Waals surface area contributed by atoms with E-state index in [-0.39, 0.29) is 5.56 Å². The number of rotatable bonds is 11. The Labute approximate surface area is 239 Å². The number of carboxylic acids is 1. The minimum absolute atomic E-state index is 0.287. The van der Waals surface area contributed by atoms with Crippen molar-refractivity contribution >= 4 is 55.0 Å². The molecule has 4 nitrogen and oxygen atoms in total. The number of aromatic carboxylic acids is 1. The third kappa shape index (κ3) is 5.11. The van der Waals surface area contributed by atoms with Gasteiger partial charge in [0.1, 0.15) is 5.75 Å². The zero-order valence-electron chi connectivity index (χ0n) is 23.4. The predicted octanol–water partition coefficient (Wildman–Crippen LogP) is 9.95. The minimum Gasteiger partial charge on any atom is -0.478 e. The van der Waals surface area contributed by atoms with Crippen molar-refractivity contribution in [1.82, 2.24) is 0 Å². The van der Waals surface area contributed by atoms with Gasteiger partial charge in [0, 0.05) is 0 Å². The van der Waals surface area contributed by atoms with Crippen LogP contribution in [0.3, 0.4) is 0 Å². The highest BCUT2D eigenvalue weighted by molar-refractivity contribution is 6.35. The van der Waals surface area contributed by atoms with E-state index in [9.17, 15) is 14.7 Å². The molecule has 0 aliphatic carbocycles. The average molecular weight is 543 g/mol. The van der Waals surface area contributed by atoms with Crippen LogP contribution in [-0.4, -0.2) is 17.0 Å². The minimum atomic E-state index is -0.943. The number of aryl methyl sites for hydroxylation is 1. The molecule has 0 bridgehead atoms. The van der Waals surface area contributed by atoms with E-state index < -0.39 is 11.9 Å². The maximum Gasteiger partial charge on any atom is 0.344 e. The maximum atomic E-state index is 13.4. The van der Waals surface area contributed by atoms with Crippen LogP contribution >= 0.6 is 0 Å². The van der Waals surface area contributed by atoms with Crippen molar-refractivity contribution in [3.63, 3.8) is 0 Å². The molecule has 0 aliphatic rings. The number of hydrogen-bond donors (Lipinski definition) is 1. The summed E-state index contributed by atoms with van der Waals surface area (Å²) in [6, 6.07) is 26.9. The van der Waals surface area contributed by atoms with Crippen molar-refractivity contribution in [2.75, 3.05) is 0 Å². The molecule has 0 aromatic heterocycles. The van der Waals surface area contributed by atoms with Crippen molar-refractivity contribution in [2.45, 2.75) is 58.3 Å². The summed E-state index contributed by atoms with van der Waals surface area (Å²) < 4.78 is 5.84. The second-order valence-corrected chi connectivity index (χ2v) is 11.0. The quantitative estimate of drug-likeness (QED) is 0.0582. The van der Waals surface area contributed by atoms with Gasteiger partial charge in [-0.15, -0.1) is 0 Å². The fourth-order valence-electron chi connectivity index (χ4n) is 6.25. The Morgan fingerprint density at radius 2 is 1.10 bits per heavy atom. The van der Waals surface area contributed by atoms with Crippen LogP contribution in [0.2, 0.25) is 0 Å². The summed E-state index contributed by atoms with van der Waals surface area (Å²) in [7, 11) is 0. The molecule has 1 N–H and O–H groups in total. The summed E-state index contributed by atoms with van der Waals surface area (Å²) >= 11 is 0. The van der Waals surface area contributed by atoms with Gasteiger partial charge in [-0.1, -0.05) is 106 Å². The fourth-order valence-corrected chi connectivity index (χ4v) is 6.25. The molecule has 6 aromatic rings. The first kappa shape index (κ1) is 26.8. The normalized spacial score (nSPS) is 11.6. The molecular formula is C37H34O4. The zero-order valence-corrected chi connectivity index (χ0v) is 23.4. The smallest absolute Gasteiger partial charge is 0.344 e. The summed E-state index contributed by atoms with van der Waals surface area (Å²) in [4.78, 5) is 25.3. The Bertz CT molecular complexity index is 1850. The van der Waals surface area contributed by atoms with Crippen LogP contribution in [-0.2, 0) is 6.42 Å². The highest BCUT2D eigenvalue weighted by Gasteiger charge is 2.20. The Balaban J connectivity index is 1.27. The molecule has 0 atom stereocenters. The molecule has 6 aromatic carbocycles. The van der Waals surface area contributed by atoms with Crippen LogP contribution in [0, 0.1) is 0 Å². The second kappa shape index (κ2) is 11.6. The second-order valence-electron chi connectivity index (χ2n) is 11.0. The molecule has 6 rings (SSSR count). The molecule has 0 saturated heterocycles. The summed E-state index contributed by atoms with van der Waals surface area (Å²) in [5.74, 6) is -0.796. The lowest BCUT2D eigenvalue weighted by Crippen LogP contribution is -2.09. The van der Waals surface area contributed by atoms with E-state index in [4.69, 9.17) is 4.74 Å². The lowest BCUT2D eigenvalue weighted by atomic mass is 9.87. The first-order valence-corrected chi connectivity index (χ1v) is 14.7. The summed E-state index contributed by atoms with van der Waals surface area (Å²) in [6.45, 7) is 2.24. The van der Waals surface area contributed by atoms with Crippen LogP contribution in [0.25, 0.3) is 43.1 Å². The largest absolute Gasteiger partial charge is 0.478 e. The number of benzene rings is 6. The lowest BCUT2D eigenvalue weighted by Gasteiger charge is -2.17. The monoisotopic (exact) mass is 542 g/mol. The van der Waals surface area contributed by atoms with Gasteiger partial charge < -0.3 is 9.84 Å². The number of unbranched alkanes of at least 4 members (excludes halogenated alkanes) is 6. The Morgan fingerprint density at radius 1 is 0.585 bits per heavy atom. The highest BCUT2D eigenvalue weighted by Crippen LogP contribution is 2.42. The molecular weight excluding hydrogens is 508 g/mol. The van der Waals surface area contributed by atoms with Crippen LogP contribution in [0.1, 0.15) is 78.1 Å². The molecule has 0 unspecified atom stereocenters. The van der Waals surface area contributed by atoms with Gasteiger partial charge in [0.15, 0.2) is 0 Å². The molecule has 0 spiro atoms. The van der Waals surface area contributed by atoms with Gasteiger partial charge in [-0.2, -0.15) is 0 Å². The maximum absolute atomic E-state index is 13.4. The molecule has 0 heterocycles. The van der Waals surface area contributed by atoms with Crippen molar-refractivity contribution < 1.29 is 19.4 Å². The zero-order chi connectivity index (χ0) is 28.3. The van der Waals surface area contributed by atoms with E-state index in [2.05, 4.69) is 19.1 Å². The number of carbonyl (C=O) groups is 2. The van der Waals surface area contributed by atoms with E-state index in [0.717, 1.165) is 44.1 Å². The van der Waals surface area contributed by atoms with Crippen molar-refractivity contribution in [3.05, 3.63) is 102 Å². The van der Waals surface area contributed by atoms with Crippen LogP contribution in [0.4, 0.5) is 0 Å². The number of fused-ring (bicyclic) bond motifs is 2. The molecule has 0 radical (unpaired) electrons. The third-order valence-electron chi connectivity index (χ3n) is 8.31. The molecule has 0 amide bonds. The third-order valence-corrected chi connectivity index (χ3v) is 8.31. The van der Waals surface area contributed by atoms with E-state index in [1.807, 2.05) is 66.7 Å². The summed E-state index contributed by atoms with van der Waals surface area (Å²) in [5, 5.41) is 17.1. The topological polar surface area (TPSA) is 63.6 Å². The molecule has 41 heavy (non-hydrogen) atoms. The first-order valence-electron chi connectivity index (χ1n) is 14.7. The molecule has 4 heteroatoms. The Kier molecular flexibility index (Phi) is 7.56. The van der Waals surface area contributed by atoms with Gasteiger partial charge in [-0.25, -0.2) is 9.59 Å². The first-order chi connectivity index (χ1) is 20.1. The molecule has 0 saturated carbocycles. The van der Waals surface area contributed by atoms with Gasteiger partial charge >= 0.3 is 11.9 Å². The Hall–Kier alpha value is -4.44. The molecule has 0 fully saturated rings. The predicted molar refractivity (Wildman–Crippen MR) is 168 cm³/mol. The summed E-state index contributed by atoms with van der Waals surface area (Å²) in [6.07, 6.45) is 10.1. The highest BCUT2D eigenvalue weighted by atomic mass is 16.5. The van der Waals surface area contributed by atoms with E-state index in [1.165, 1.54) is 50.5 Å². The van der Waals surface area contributed by atoms with Crippen molar-refractivity contribution in [1.29, 1.82) is 0 Å². The van der Waals surface area contributed by atoms with Gasteiger partial charge in [0.2, 0.25) is 0 Å². The van der Waals surface area contributed by atoms with Crippen molar-refractivity contribution in [3.8, 4) is 5.75 Å². The number of carbonyl (C=O) groups excluding carboxylic acids is 1. The SMILES string of the molecule is CCCCCCCCCc1ccc(OC(=O)c2ccc3c4ccc(C(=O)O)c5cccc(c6cccc2c63)c54)cc1. The van der Waals surface area contributed by atoms with Gasteiger partial charge in [0.05, 0.1) is 11.1 Å². The lowest BCUT2D eigenvalue weighted by molar-refractivity contribution is 0.0696. The Morgan fingerprint density at radius 3 is 1.71 bits per heavy atom. The van der Waals surface area contributed by atoms with Gasteiger partial charge in [-0.3, -0.25) is 0 Å². The standard InChI is InChI=1S/C37H34O4/c1-2-3-4-5-6-7-8-11-24-16-18-25(19-17-24)41-37(40)33-23-21-31-30-20-22-32(36(38)39)28-14-9-12-26(34(28)30)27-13-10-15-29(33)35(27)31/h9-10,12-23H,2-8,11H2,1H3,(H,38,39). The summed E-state index contributed by atoms with van der Waals surface area (Å²) in [5.41, 5.74) is 2.06. The van der Waals surface area contributed by atoms with Gasteiger partial charge in [-0.05, 0) is 85.8 Å². The van der Waals surface area contributed by atoms with E-state index >= 15 is 0 Å². The van der Waals surface area contributed by atoms with E-state index in [0.29, 0.717) is 16.7 Å². The fraction of sp³-hybridized carbons (Fsp3) is 0.243. The van der Waals surface area contributed by atoms with Gasteiger partial charge in [0.25, 0.3) is 0 Å². The number of carboxylic acid groups (broad SMARTS) is 1. The molecule has 206 valence electrons. The van der Waals surface area contributed by atoms with Crippen molar-refractivity contribution in [2.24, 2.45) is 0 Å². The van der Waals surface area contributed by atoms with Crippen LogP contribution in [0.5, 0.6) is 5.75 Å². The van der Waals surface area contributed by atoms with Crippen LogP contribution < -0.4 is 4.74 Å². The number of esters is 1. The average Bonchev–Trinajstić information content (AvgIpc) is 2.99. The van der Waals surface area contributed by atoms with Crippen LogP contribution in [0.15, 0.2) is 84.9 Å². The van der Waals surface area contributed by atoms with E-state index in [1.54, 1.807) is 6.07 Å². The number of hydrogen-bond acceptors (Lipinski definition) is 3. The number of ether oxygens (including phenoxy) is 1.